The van der Waals surface area contributed by atoms with Crippen molar-refractivity contribution in [2.24, 2.45) is 5.41 Å². The van der Waals surface area contributed by atoms with Gasteiger partial charge < -0.3 is 10.6 Å². The van der Waals surface area contributed by atoms with Crippen LogP contribution >= 0.6 is 0 Å². The third-order valence-corrected chi connectivity index (χ3v) is 3.90. The first-order valence-electron chi connectivity index (χ1n) is 7.34. The summed E-state index contributed by atoms with van der Waals surface area (Å²) in [5.74, 6) is -3.25. The van der Waals surface area contributed by atoms with Gasteiger partial charge in [0.25, 0.3) is 11.8 Å². The Morgan fingerprint density at radius 2 is 1.08 bits per heavy atom. The highest BCUT2D eigenvalue weighted by Gasteiger charge is 2.66. The summed E-state index contributed by atoms with van der Waals surface area (Å²) in [7, 11) is 0. The summed E-state index contributed by atoms with van der Waals surface area (Å²) >= 11 is 0. The van der Waals surface area contributed by atoms with Gasteiger partial charge in [-0.2, -0.15) is 0 Å². The number of carbonyl (C=O) groups is 4. The molecule has 0 bridgehead atoms. The molecule has 24 heavy (non-hydrogen) atoms. The second-order valence-corrected chi connectivity index (χ2v) is 5.41. The van der Waals surface area contributed by atoms with Crippen LogP contribution in [0.3, 0.4) is 0 Å². The Balaban J connectivity index is 1.88. The minimum atomic E-state index is -2.31. The number of carbonyl (C=O) groups excluding carboxylic acids is 4. The molecule has 0 heterocycles. The molecule has 1 saturated carbocycles. The Morgan fingerprint density at radius 3 is 1.42 bits per heavy atom. The van der Waals surface area contributed by atoms with Crippen molar-refractivity contribution in [3.8, 4) is 0 Å². The predicted octanol–water partition coefficient (Wildman–Crippen LogP) is 1.79. The number of amides is 2. The quantitative estimate of drug-likeness (QED) is 0.839. The van der Waals surface area contributed by atoms with Crippen molar-refractivity contribution in [3.05, 3.63) is 60.7 Å². The van der Waals surface area contributed by atoms with Gasteiger partial charge in [0.1, 0.15) is 0 Å². The van der Waals surface area contributed by atoms with Crippen LogP contribution in [-0.4, -0.2) is 23.4 Å². The number of Topliss-reactive ketones (excluding diaryl/α,β-unsaturated/α-hetero) is 2. The molecule has 120 valence electrons. The summed E-state index contributed by atoms with van der Waals surface area (Å²) in [5.41, 5.74) is -1.50. The van der Waals surface area contributed by atoms with Crippen molar-refractivity contribution in [3.63, 3.8) is 0 Å². The van der Waals surface area contributed by atoms with E-state index in [1.54, 1.807) is 60.7 Å². The van der Waals surface area contributed by atoms with E-state index in [1.807, 2.05) is 0 Å². The molecule has 0 unspecified atom stereocenters. The zero-order valence-electron chi connectivity index (χ0n) is 12.6. The molecule has 2 aromatic rings. The predicted molar refractivity (Wildman–Crippen MR) is 87.2 cm³/mol. The number of hydrogen-bond acceptors (Lipinski definition) is 4. The molecule has 0 aliphatic heterocycles. The highest BCUT2D eigenvalue weighted by Crippen LogP contribution is 2.36. The smallest absolute Gasteiger partial charge is 0.255 e. The highest BCUT2D eigenvalue weighted by atomic mass is 16.2. The van der Waals surface area contributed by atoms with Crippen molar-refractivity contribution < 1.29 is 19.2 Å². The Labute approximate surface area is 137 Å². The topological polar surface area (TPSA) is 92.3 Å². The SMILES string of the molecule is O=C1CC(=O)C1(C(=O)Nc1ccccc1)C(=O)Nc1ccccc1. The summed E-state index contributed by atoms with van der Waals surface area (Å²) in [6, 6.07) is 16.7. The van der Waals surface area contributed by atoms with Gasteiger partial charge in [0, 0.05) is 11.4 Å². The van der Waals surface area contributed by atoms with Gasteiger partial charge in [-0.25, -0.2) is 0 Å². The first-order chi connectivity index (χ1) is 11.5. The van der Waals surface area contributed by atoms with Gasteiger partial charge in [0.2, 0.25) is 5.41 Å². The molecule has 1 fully saturated rings. The zero-order chi connectivity index (χ0) is 17.2. The van der Waals surface area contributed by atoms with E-state index in [0.29, 0.717) is 11.4 Å². The lowest BCUT2D eigenvalue weighted by Gasteiger charge is -2.34. The van der Waals surface area contributed by atoms with Gasteiger partial charge in [-0.1, -0.05) is 36.4 Å². The van der Waals surface area contributed by atoms with Crippen LogP contribution < -0.4 is 10.6 Å². The molecular formula is C18H14N2O4. The van der Waals surface area contributed by atoms with Gasteiger partial charge in [0.15, 0.2) is 11.6 Å². The van der Waals surface area contributed by atoms with Crippen molar-refractivity contribution in [1.82, 2.24) is 0 Å². The zero-order valence-corrected chi connectivity index (χ0v) is 12.6. The summed E-state index contributed by atoms with van der Waals surface area (Å²) in [5, 5.41) is 4.94. The summed E-state index contributed by atoms with van der Waals surface area (Å²) in [4.78, 5) is 49.3. The van der Waals surface area contributed by atoms with E-state index in [0.717, 1.165) is 0 Å². The minimum absolute atomic E-state index is 0.405. The molecular weight excluding hydrogens is 308 g/mol. The number of rotatable bonds is 4. The highest BCUT2D eigenvalue weighted by molar-refractivity contribution is 6.50. The van der Waals surface area contributed by atoms with Crippen molar-refractivity contribution >= 4 is 34.8 Å². The van der Waals surface area contributed by atoms with E-state index < -0.39 is 35.2 Å². The Kier molecular flexibility index (Phi) is 3.95. The lowest BCUT2D eigenvalue weighted by molar-refractivity contribution is -0.161. The minimum Gasteiger partial charge on any atom is -0.324 e. The average molecular weight is 322 g/mol. The molecule has 2 amide bonds. The van der Waals surface area contributed by atoms with E-state index in [-0.39, 0.29) is 0 Å². The van der Waals surface area contributed by atoms with Crippen LogP contribution in [0, 0.1) is 5.41 Å². The molecule has 0 aromatic heterocycles. The fraction of sp³-hybridized carbons (Fsp3) is 0.111. The Hall–Kier alpha value is -3.28. The van der Waals surface area contributed by atoms with Crippen LogP contribution in [-0.2, 0) is 19.2 Å². The van der Waals surface area contributed by atoms with Crippen molar-refractivity contribution in [2.45, 2.75) is 6.42 Å². The number of ketones is 2. The summed E-state index contributed by atoms with van der Waals surface area (Å²) < 4.78 is 0. The first-order valence-corrected chi connectivity index (χ1v) is 7.34. The molecule has 1 aliphatic rings. The molecule has 3 rings (SSSR count). The van der Waals surface area contributed by atoms with Crippen LogP contribution in [0.1, 0.15) is 6.42 Å². The second kappa shape index (κ2) is 6.08. The van der Waals surface area contributed by atoms with E-state index in [9.17, 15) is 19.2 Å². The normalized spacial score (nSPS) is 15.3. The van der Waals surface area contributed by atoms with E-state index in [1.165, 1.54) is 0 Å². The van der Waals surface area contributed by atoms with Crippen LogP contribution in [0.25, 0.3) is 0 Å². The maximum absolute atomic E-state index is 12.6. The molecule has 0 saturated heterocycles. The van der Waals surface area contributed by atoms with Crippen molar-refractivity contribution in [2.75, 3.05) is 10.6 Å². The van der Waals surface area contributed by atoms with Gasteiger partial charge in [-0.3, -0.25) is 19.2 Å². The molecule has 1 aliphatic carbocycles. The van der Waals surface area contributed by atoms with E-state index in [2.05, 4.69) is 10.6 Å². The number of hydrogen-bond donors (Lipinski definition) is 2. The number of para-hydroxylation sites is 2. The summed E-state index contributed by atoms with van der Waals surface area (Å²) in [6.07, 6.45) is -0.412. The standard InChI is InChI=1S/C18H14N2O4/c21-14-11-15(22)18(14,16(23)19-12-7-3-1-4-8-12)17(24)20-13-9-5-2-6-10-13/h1-10H,11H2,(H,19,23)(H,20,24). The Bertz CT molecular complexity index is 746. The number of anilines is 2. The average Bonchev–Trinajstić information content (AvgIpc) is 2.56. The third kappa shape index (κ3) is 2.48. The van der Waals surface area contributed by atoms with Gasteiger partial charge in [0.05, 0.1) is 6.42 Å². The molecule has 2 N–H and O–H groups in total. The lowest BCUT2D eigenvalue weighted by atomic mass is 9.64. The van der Waals surface area contributed by atoms with E-state index >= 15 is 0 Å². The molecule has 0 spiro atoms. The monoisotopic (exact) mass is 322 g/mol. The number of benzene rings is 2. The summed E-state index contributed by atoms with van der Waals surface area (Å²) in [6.45, 7) is 0. The fourth-order valence-electron chi connectivity index (χ4n) is 2.56. The van der Waals surface area contributed by atoms with Gasteiger partial charge in [-0.15, -0.1) is 0 Å². The molecule has 0 atom stereocenters. The lowest BCUT2D eigenvalue weighted by Crippen LogP contribution is -2.64. The van der Waals surface area contributed by atoms with E-state index in [4.69, 9.17) is 0 Å². The van der Waals surface area contributed by atoms with Crippen LogP contribution in [0.2, 0.25) is 0 Å². The fourth-order valence-corrected chi connectivity index (χ4v) is 2.56. The molecule has 0 radical (unpaired) electrons. The first kappa shape index (κ1) is 15.6. The van der Waals surface area contributed by atoms with Crippen LogP contribution in [0.15, 0.2) is 60.7 Å². The molecule has 6 heteroatoms. The molecule has 6 nitrogen and oxygen atoms in total. The Morgan fingerprint density at radius 1 is 0.708 bits per heavy atom. The van der Waals surface area contributed by atoms with Crippen molar-refractivity contribution in [1.29, 1.82) is 0 Å². The second-order valence-electron chi connectivity index (χ2n) is 5.41. The van der Waals surface area contributed by atoms with Crippen LogP contribution in [0.4, 0.5) is 11.4 Å². The molecule has 2 aromatic carbocycles. The largest absolute Gasteiger partial charge is 0.324 e. The van der Waals surface area contributed by atoms with Gasteiger partial charge in [-0.05, 0) is 24.3 Å². The van der Waals surface area contributed by atoms with Crippen LogP contribution in [0.5, 0.6) is 0 Å². The maximum atomic E-state index is 12.6. The number of nitrogens with one attached hydrogen (secondary N) is 2. The van der Waals surface area contributed by atoms with Gasteiger partial charge >= 0.3 is 0 Å². The third-order valence-electron chi connectivity index (χ3n) is 3.90. The maximum Gasteiger partial charge on any atom is 0.255 e.